The van der Waals surface area contributed by atoms with Crippen LogP contribution < -0.4 is 0 Å². The van der Waals surface area contributed by atoms with Crippen molar-refractivity contribution < 1.29 is 28.6 Å². The summed E-state index contributed by atoms with van der Waals surface area (Å²) in [5, 5.41) is 10.6. The Hall–Kier alpha value is -3.19. The minimum atomic E-state index is -0.793. The maximum atomic E-state index is 13.4. The van der Waals surface area contributed by atoms with Crippen LogP contribution in [0.2, 0.25) is 0 Å². The molecule has 174 valence electrons. The van der Waals surface area contributed by atoms with E-state index in [4.69, 9.17) is 9.47 Å². The van der Waals surface area contributed by atoms with Crippen LogP contribution in [0.5, 0.6) is 0 Å². The van der Waals surface area contributed by atoms with E-state index in [0.29, 0.717) is 38.2 Å². The predicted octanol–water partition coefficient (Wildman–Crippen LogP) is 4.48. The first-order chi connectivity index (χ1) is 16.0. The van der Waals surface area contributed by atoms with E-state index in [1.54, 1.807) is 24.0 Å². The number of carbonyl (C=O) groups is 2. The van der Waals surface area contributed by atoms with Gasteiger partial charge in [-0.2, -0.15) is 0 Å². The van der Waals surface area contributed by atoms with Crippen molar-refractivity contribution in [3.63, 3.8) is 0 Å². The summed E-state index contributed by atoms with van der Waals surface area (Å²) >= 11 is 0. The zero-order valence-electron chi connectivity index (χ0n) is 18.7. The van der Waals surface area contributed by atoms with Crippen molar-refractivity contribution in [1.82, 2.24) is 4.90 Å². The number of carbonyl (C=O) groups excluding carboxylic acids is 2. The van der Waals surface area contributed by atoms with E-state index >= 15 is 0 Å². The molecule has 6 nitrogen and oxygen atoms in total. The van der Waals surface area contributed by atoms with Crippen LogP contribution in [-0.4, -0.2) is 47.2 Å². The van der Waals surface area contributed by atoms with Crippen molar-refractivity contribution in [3.05, 3.63) is 71.0 Å². The average Bonchev–Trinajstić information content (AvgIpc) is 2.83. The highest BCUT2D eigenvalue weighted by Gasteiger charge is 2.49. The molecule has 0 bridgehead atoms. The number of ether oxygens (including phenoxy) is 2. The van der Waals surface area contributed by atoms with E-state index < -0.39 is 24.1 Å². The number of hydrogen-bond acceptors (Lipinski definition) is 5. The molecule has 2 aliphatic rings. The lowest BCUT2D eigenvalue weighted by molar-refractivity contribution is -0.149. The predicted molar refractivity (Wildman–Crippen MR) is 121 cm³/mol. The van der Waals surface area contributed by atoms with Crippen molar-refractivity contribution in [1.29, 1.82) is 0 Å². The number of rotatable bonds is 6. The van der Waals surface area contributed by atoms with Gasteiger partial charge in [-0.25, -0.2) is 9.18 Å². The molecule has 0 aromatic heterocycles. The molecule has 1 amide bonds. The van der Waals surface area contributed by atoms with Gasteiger partial charge in [0.2, 0.25) is 0 Å². The van der Waals surface area contributed by atoms with Crippen molar-refractivity contribution in [2.24, 2.45) is 0 Å². The number of esters is 1. The lowest BCUT2D eigenvalue weighted by atomic mass is 9.79. The zero-order valence-corrected chi connectivity index (χ0v) is 18.7. The third-order valence-electron chi connectivity index (χ3n) is 6.46. The molecule has 7 heteroatoms. The first-order valence-corrected chi connectivity index (χ1v) is 11.2. The van der Waals surface area contributed by atoms with E-state index in [1.165, 1.54) is 0 Å². The number of amides is 1. The smallest absolute Gasteiger partial charge is 0.347 e. The van der Waals surface area contributed by atoms with Crippen LogP contribution in [0.3, 0.4) is 0 Å². The first kappa shape index (κ1) is 23.0. The van der Waals surface area contributed by atoms with Crippen molar-refractivity contribution in [2.75, 3.05) is 19.8 Å². The molecule has 0 saturated carbocycles. The lowest BCUT2D eigenvalue weighted by Gasteiger charge is -2.48. The summed E-state index contributed by atoms with van der Waals surface area (Å²) in [5.41, 5.74) is 2.62. The van der Waals surface area contributed by atoms with E-state index in [1.807, 2.05) is 36.4 Å². The number of alkyl halides is 1. The third-order valence-corrected chi connectivity index (χ3v) is 6.46. The number of aliphatic hydroxyl groups excluding tert-OH is 1. The summed E-state index contributed by atoms with van der Waals surface area (Å²) in [4.78, 5) is 27.5. The summed E-state index contributed by atoms with van der Waals surface area (Å²) in [6.07, 6.45) is 1.37. The minimum Gasteiger partial charge on any atom is -0.511 e. The van der Waals surface area contributed by atoms with Gasteiger partial charge < -0.3 is 19.5 Å². The maximum absolute atomic E-state index is 13.4. The second-order valence-electron chi connectivity index (χ2n) is 8.47. The molecular weight excluding hydrogens is 425 g/mol. The van der Waals surface area contributed by atoms with Gasteiger partial charge >= 0.3 is 5.97 Å². The maximum Gasteiger partial charge on any atom is 0.347 e. The largest absolute Gasteiger partial charge is 0.511 e. The van der Waals surface area contributed by atoms with Crippen molar-refractivity contribution in [3.8, 4) is 11.1 Å². The van der Waals surface area contributed by atoms with Crippen LogP contribution in [0.15, 0.2) is 59.9 Å². The fraction of sp³-hybridized carbons (Fsp3) is 0.385. The minimum absolute atomic E-state index is 0.121. The highest BCUT2D eigenvalue weighted by atomic mass is 19.1. The van der Waals surface area contributed by atoms with Gasteiger partial charge in [0.15, 0.2) is 5.57 Å². The molecule has 0 radical (unpaired) electrons. The molecule has 4 rings (SSSR count). The Labute approximate surface area is 192 Å². The quantitative estimate of drug-likeness (QED) is 0.516. The van der Waals surface area contributed by atoms with Gasteiger partial charge in [0.05, 0.1) is 12.1 Å². The lowest BCUT2D eigenvalue weighted by Crippen LogP contribution is -2.58. The molecule has 1 saturated heterocycles. The molecular formula is C26H28FNO5. The molecule has 1 N–H and O–H groups in total. The highest BCUT2D eigenvalue weighted by Crippen LogP contribution is 2.40. The van der Waals surface area contributed by atoms with Gasteiger partial charge in [-0.05, 0) is 42.0 Å². The molecule has 0 aliphatic carbocycles. The Balaban J connectivity index is 1.61. The highest BCUT2D eigenvalue weighted by molar-refractivity contribution is 6.17. The van der Waals surface area contributed by atoms with Crippen molar-refractivity contribution in [2.45, 2.75) is 44.9 Å². The third kappa shape index (κ3) is 4.64. The summed E-state index contributed by atoms with van der Waals surface area (Å²) < 4.78 is 23.3. The van der Waals surface area contributed by atoms with Gasteiger partial charge in [0.25, 0.3) is 5.91 Å². The van der Waals surface area contributed by atoms with Crippen LogP contribution in [0.4, 0.5) is 4.39 Å². The van der Waals surface area contributed by atoms with E-state index in [2.05, 4.69) is 0 Å². The summed E-state index contributed by atoms with van der Waals surface area (Å²) in [6.45, 7) is 2.56. The fourth-order valence-corrected chi connectivity index (χ4v) is 4.59. The normalized spacial score (nSPS) is 18.0. The number of aliphatic hydroxyl groups is 1. The average molecular weight is 454 g/mol. The Morgan fingerprint density at radius 2 is 1.64 bits per heavy atom. The van der Waals surface area contributed by atoms with Crippen LogP contribution >= 0.6 is 0 Å². The number of halogens is 1. The van der Waals surface area contributed by atoms with Gasteiger partial charge in [-0.15, -0.1) is 0 Å². The topological polar surface area (TPSA) is 76.1 Å². The summed E-state index contributed by atoms with van der Waals surface area (Å²) in [6, 6.07) is 15.1. The monoisotopic (exact) mass is 453 g/mol. The second-order valence-corrected chi connectivity index (χ2v) is 8.47. The molecule has 2 aliphatic heterocycles. The van der Waals surface area contributed by atoms with E-state index in [-0.39, 0.29) is 24.4 Å². The van der Waals surface area contributed by atoms with Crippen LogP contribution in [0.1, 0.15) is 37.3 Å². The number of hydrogen-bond donors (Lipinski definition) is 1. The molecule has 0 unspecified atom stereocenters. The fourth-order valence-electron chi connectivity index (χ4n) is 4.59. The Morgan fingerprint density at radius 1 is 1.06 bits per heavy atom. The molecule has 1 spiro atoms. The molecule has 1 fully saturated rings. The second kappa shape index (κ2) is 9.75. The van der Waals surface area contributed by atoms with Crippen molar-refractivity contribution >= 4 is 11.9 Å². The van der Waals surface area contributed by atoms with Crippen LogP contribution in [-0.2, 0) is 32.3 Å². The van der Waals surface area contributed by atoms with Gasteiger partial charge in [-0.1, -0.05) is 48.5 Å². The molecule has 2 aromatic rings. The Kier molecular flexibility index (Phi) is 6.79. The number of nitrogens with zero attached hydrogens (tertiary/aromatic N) is 1. The van der Waals surface area contributed by atoms with Crippen LogP contribution in [0.25, 0.3) is 11.1 Å². The Bertz CT molecular complexity index is 1040. The molecule has 2 heterocycles. The molecule has 2 aromatic carbocycles. The van der Waals surface area contributed by atoms with Gasteiger partial charge in [0.1, 0.15) is 12.4 Å². The summed E-state index contributed by atoms with van der Waals surface area (Å²) in [5.74, 6) is -1.51. The molecule has 33 heavy (non-hydrogen) atoms. The van der Waals surface area contributed by atoms with Crippen LogP contribution in [0, 0.1) is 0 Å². The van der Waals surface area contributed by atoms with Gasteiger partial charge in [0, 0.05) is 26.2 Å². The first-order valence-electron chi connectivity index (χ1n) is 11.2. The summed E-state index contributed by atoms with van der Waals surface area (Å²) in [7, 11) is 0. The van der Waals surface area contributed by atoms with Gasteiger partial charge in [-0.3, -0.25) is 4.79 Å². The zero-order chi connectivity index (χ0) is 23.4. The van der Waals surface area contributed by atoms with E-state index in [9.17, 15) is 19.1 Å². The molecule has 0 atom stereocenters. The Morgan fingerprint density at radius 3 is 2.18 bits per heavy atom. The SMILES string of the molecule is CCOC(=O)C1=C(O)CC2(CCOCC2)N(Cc2ccc(-c3ccc(CF)cc3)cc2)C1=O. The van der Waals surface area contributed by atoms with E-state index in [0.717, 1.165) is 16.7 Å². The number of benzene rings is 2. The standard InChI is InChI=1S/C26H28FNO5/c1-2-33-25(31)23-22(29)15-26(11-13-32-14-12-26)28(24(23)30)17-19-5-9-21(10-6-19)20-7-3-18(16-27)4-8-20/h3-10,29H,2,11-17H2,1H3.